The molecule has 2 amide bonds. The summed E-state index contributed by atoms with van der Waals surface area (Å²) in [6.45, 7) is 4.24. The van der Waals surface area contributed by atoms with E-state index in [9.17, 15) is 9.18 Å². The minimum absolute atomic E-state index is 0.293. The van der Waals surface area contributed by atoms with E-state index >= 15 is 0 Å². The van der Waals surface area contributed by atoms with Crippen molar-refractivity contribution >= 4 is 11.7 Å². The highest BCUT2D eigenvalue weighted by atomic mass is 19.1. The van der Waals surface area contributed by atoms with Crippen LogP contribution in [0.25, 0.3) is 0 Å². The molecule has 1 aromatic carbocycles. The average Bonchev–Trinajstić information content (AvgIpc) is 2.87. The molecular weight excluding hydrogens is 289 g/mol. The first-order valence-electron chi connectivity index (χ1n) is 6.86. The van der Waals surface area contributed by atoms with Crippen molar-refractivity contribution < 1.29 is 18.4 Å². The molecule has 1 heterocycles. The van der Waals surface area contributed by atoms with Crippen LogP contribution in [0, 0.1) is 12.7 Å². The summed E-state index contributed by atoms with van der Waals surface area (Å²) in [5.41, 5.74) is 1.07. The van der Waals surface area contributed by atoms with Crippen molar-refractivity contribution in [2.24, 2.45) is 0 Å². The Kier molecular flexibility index (Phi) is 4.98. The fourth-order valence-electron chi connectivity index (χ4n) is 1.89. The van der Waals surface area contributed by atoms with Crippen molar-refractivity contribution in [2.75, 3.05) is 19.0 Å². The van der Waals surface area contributed by atoms with E-state index in [2.05, 4.69) is 10.5 Å². The second-order valence-corrected chi connectivity index (χ2v) is 4.79. The quantitative estimate of drug-likeness (QED) is 0.921. The monoisotopic (exact) mass is 307 g/mol. The van der Waals surface area contributed by atoms with E-state index in [1.54, 1.807) is 27.0 Å². The Morgan fingerprint density at radius 3 is 2.86 bits per heavy atom. The molecule has 0 saturated carbocycles. The number of benzene rings is 1. The van der Waals surface area contributed by atoms with Gasteiger partial charge in [-0.3, -0.25) is 0 Å². The summed E-state index contributed by atoms with van der Waals surface area (Å²) in [7, 11) is 1.63. The fraction of sp³-hybridized carbons (Fsp3) is 0.333. The number of anilines is 1. The van der Waals surface area contributed by atoms with Gasteiger partial charge in [0, 0.05) is 19.2 Å². The van der Waals surface area contributed by atoms with Gasteiger partial charge in [0.1, 0.15) is 23.0 Å². The molecule has 1 N–H and O–H groups in total. The normalized spacial score (nSPS) is 10.4. The molecule has 6 nitrogen and oxygen atoms in total. The van der Waals surface area contributed by atoms with Crippen molar-refractivity contribution in [2.45, 2.75) is 20.4 Å². The van der Waals surface area contributed by atoms with Crippen molar-refractivity contribution in [3.8, 4) is 5.75 Å². The molecule has 0 bridgehead atoms. The standard InChI is InChI=1S/C15H18FN3O3/c1-4-21-14-8-11(16)5-6-13(14)17-15(20)19(3)9-12-7-10(2)22-18-12/h5-8H,4,9H2,1-3H3,(H,17,20). The third-order valence-electron chi connectivity index (χ3n) is 2.91. The first-order chi connectivity index (χ1) is 10.5. The summed E-state index contributed by atoms with van der Waals surface area (Å²) in [6, 6.07) is 5.37. The SMILES string of the molecule is CCOc1cc(F)ccc1NC(=O)N(C)Cc1cc(C)on1. The van der Waals surface area contributed by atoms with Crippen LogP contribution in [0.4, 0.5) is 14.9 Å². The highest BCUT2D eigenvalue weighted by Crippen LogP contribution is 2.25. The van der Waals surface area contributed by atoms with Gasteiger partial charge in [0.05, 0.1) is 18.8 Å². The van der Waals surface area contributed by atoms with Crippen LogP contribution in [0.2, 0.25) is 0 Å². The van der Waals surface area contributed by atoms with E-state index in [1.165, 1.54) is 23.1 Å². The van der Waals surface area contributed by atoms with E-state index in [1.807, 2.05) is 0 Å². The largest absolute Gasteiger partial charge is 0.492 e. The van der Waals surface area contributed by atoms with E-state index < -0.39 is 5.82 Å². The predicted molar refractivity (Wildman–Crippen MR) is 79.3 cm³/mol. The summed E-state index contributed by atoms with van der Waals surface area (Å²) < 4.78 is 23.5. The lowest BCUT2D eigenvalue weighted by Crippen LogP contribution is -2.31. The molecule has 0 aliphatic heterocycles. The summed E-state index contributed by atoms with van der Waals surface area (Å²) >= 11 is 0. The van der Waals surface area contributed by atoms with Gasteiger partial charge in [-0.05, 0) is 26.0 Å². The number of amides is 2. The van der Waals surface area contributed by atoms with Gasteiger partial charge in [-0.2, -0.15) is 0 Å². The maximum Gasteiger partial charge on any atom is 0.322 e. The lowest BCUT2D eigenvalue weighted by molar-refractivity contribution is 0.219. The van der Waals surface area contributed by atoms with Crippen LogP contribution < -0.4 is 10.1 Å². The van der Waals surface area contributed by atoms with Crippen LogP contribution in [-0.4, -0.2) is 29.7 Å². The van der Waals surface area contributed by atoms with E-state index in [4.69, 9.17) is 9.26 Å². The first-order valence-corrected chi connectivity index (χ1v) is 6.86. The molecular formula is C15H18FN3O3. The Hall–Kier alpha value is -2.57. The molecule has 0 fully saturated rings. The number of carbonyl (C=O) groups excluding carboxylic acids is 1. The molecule has 118 valence electrons. The molecule has 7 heteroatoms. The molecule has 0 radical (unpaired) electrons. The van der Waals surface area contributed by atoms with Crippen LogP contribution in [0.1, 0.15) is 18.4 Å². The molecule has 1 aromatic heterocycles. The maximum atomic E-state index is 13.2. The number of hydrogen-bond acceptors (Lipinski definition) is 4. The number of carbonyl (C=O) groups is 1. The molecule has 22 heavy (non-hydrogen) atoms. The van der Waals surface area contributed by atoms with E-state index in [0.717, 1.165) is 0 Å². The van der Waals surface area contributed by atoms with Crippen molar-refractivity contribution in [3.05, 3.63) is 41.5 Å². The Labute approximate surface area is 127 Å². The second-order valence-electron chi connectivity index (χ2n) is 4.79. The zero-order chi connectivity index (χ0) is 16.1. The summed E-state index contributed by atoms with van der Waals surface area (Å²) in [5.74, 6) is 0.551. The molecule has 0 spiro atoms. The van der Waals surface area contributed by atoms with Gasteiger partial charge in [-0.25, -0.2) is 9.18 Å². The number of aromatic nitrogens is 1. The molecule has 0 unspecified atom stereocenters. The topological polar surface area (TPSA) is 67.6 Å². The lowest BCUT2D eigenvalue weighted by atomic mass is 10.3. The number of urea groups is 1. The lowest BCUT2D eigenvalue weighted by Gasteiger charge is -2.18. The molecule has 2 aromatic rings. The van der Waals surface area contributed by atoms with Gasteiger partial charge < -0.3 is 19.5 Å². The predicted octanol–water partition coefficient (Wildman–Crippen LogP) is 3.18. The van der Waals surface area contributed by atoms with Crippen LogP contribution in [0.5, 0.6) is 5.75 Å². The molecule has 0 atom stereocenters. The van der Waals surface area contributed by atoms with E-state index in [0.29, 0.717) is 36.0 Å². The van der Waals surface area contributed by atoms with Gasteiger partial charge in [0.2, 0.25) is 0 Å². The molecule has 2 rings (SSSR count). The number of halogens is 1. The van der Waals surface area contributed by atoms with Crippen LogP contribution in [-0.2, 0) is 6.54 Å². The minimum atomic E-state index is -0.423. The summed E-state index contributed by atoms with van der Waals surface area (Å²) in [5, 5.41) is 6.52. The minimum Gasteiger partial charge on any atom is -0.492 e. The second kappa shape index (κ2) is 6.93. The van der Waals surface area contributed by atoms with Gasteiger partial charge in [-0.1, -0.05) is 5.16 Å². The average molecular weight is 307 g/mol. The molecule has 0 aliphatic rings. The van der Waals surface area contributed by atoms with Gasteiger partial charge >= 0.3 is 6.03 Å². The van der Waals surface area contributed by atoms with Crippen LogP contribution >= 0.6 is 0 Å². The maximum absolute atomic E-state index is 13.2. The smallest absolute Gasteiger partial charge is 0.322 e. The van der Waals surface area contributed by atoms with Crippen LogP contribution in [0.3, 0.4) is 0 Å². The van der Waals surface area contributed by atoms with Gasteiger partial charge in [0.15, 0.2) is 0 Å². The van der Waals surface area contributed by atoms with Crippen molar-refractivity contribution in [1.82, 2.24) is 10.1 Å². The number of ether oxygens (including phenoxy) is 1. The number of aryl methyl sites for hydroxylation is 1. The van der Waals surface area contributed by atoms with Gasteiger partial charge in [0.25, 0.3) is 0 Å². The van der Waals surface area contributed by atoms with E-state index in [-0.39, 0.29) is 6.03 Å². The first kappa shape index (κ1) is 15.8. The number of rotatable bonds is 5. The Balaban J connectivity index is 2.04. The van der Waals surface area contributed by atoms with Crippen molar-refractivity contribution in [1.29, 1.82) is 0 Å². The number of nitrogens with one attached hydrogen (secondary N) is 1. The molecule has 0 saturated heterocycles. The number of nitrogens with zero attached hydrogens (tertiary/aromatic N) is 2. The Morgan fingerprint density at radius 2 is 2.23 bits per heavy atom. The molecule has 0 aliphatic carbocycles. The zero-order valence-corrected chi connectivity index (χ0v) is 12.7. The zero-order valence-electron chi connectivity index (χ0n) is 12.7. The third kappa shape index (κ3) is 3.97. The fourth-order valence-corrected chi connectivity index (χ4v) is 1.89. The number of hydrogen-bond donors (Lipinski definition) is 1. The third-order valence-corrected chi connectivity index (χ3v) is 2.91. The van der Waals surface area contributed by atoms with Crippen LogP contribution in [0.15, 0.2) is 28.8 Å². The Bertz CT molecular complexity index is 657. The Morgan fingerprint density at radius 1 is 1.45 bits per heavy atom. The highest BCUT2D eigenvalue weighted by Gasteiger charge is 2.14. The van der Waals surface area contributed by atoms with Crippen molar-refractivity contribution in [3.63, 3.8) is 0 Å². The summed E-state index contributed by atoms with van der Waals surface area (Å²) in [6.07, 6.45) is 0. The highest BCUT2D eigenvalue weighted by molar-refractivity contribution is 5.90. The summed E-state index contributed by atoms with van der Waals surface area (Å²) in [4.78, 5) is 13.6. The van der Waals surface area contributed by atoms with Gasteiger partial charge in [-0.15, -0.1) is 0 Å².